The van der Waals surface area contributed by atoms with E-state index < -0.39 is 0 Å². The maximum Gasteiger partial charge on any atom is 0.131 e. The summed E-state index contributed by atoms with van der Waals surface area (Å²) in [6.07, 6.45) is 2.16. The third-order valence-electron chi connectivity index (χ3n) is 4.23. The van der Waals surface area contributed by atoms with E-state index in [2.05, 4.69) is 15.3 Å². The van der Waals surface area contributed by atoms with Crippen LogP contribution in [0.1, 0.15) is 31.0 Å². The van der Waals surface area contributed by atoms with Gasteiger partial charge in [-0.3, -0.25) is 4.68 Å². The van der Waals surface area contributed by atoms with E-state index in [1.807, 2.05) is 20.9 Å². The lowest BCUT2D eigenvalue weighted by molar-refractivity contribution is 0.0998. The molecule has 0 amide bonds. The molecule has 0 aliphatic carbocycles. The van der Waals surface area contributed by atoms with Crippen LogP contribution in [0.25, 0.3) is 0 Å². The van der Waals surface area contributed by atoms with E-state index in [4.69, 9.17) is 11.6 Å². The van der Waals surface area contributed by atoms with Crippen molar-refractivity contribution < 1.29 is 5.11 Å². The first-order valence-corrected chi connectivity index (χ1v) is 8.14. The number of halogens is 1. The minimum Gasteiger partial charge on any atom is -0.392 e. The van der Waals surface area contributed by atoms with Gasteiger partial charge in [0, 0.05) is 25.7 Å². The normalized spacial score (nSPS) is 19.1. The maximum absolute atomic E-state index is 9.42. The largest absolute Gasteiger partial charge is 0.392 e. The van der Waals surface area contributed by atoms with Crippen molar-refractivity contribution in [3.8, 4) is 0 Å². The van der Waals surface area contributed by atoms with Crippen LogP contribution >= 0.6 is 11.6 Å². The Balaban J connectivity index is 1.70. The Bertz CT molecular complexity index is 453. The molecule has 1 saturated heterocycles. The Morgan fingerprint density at radius 1 is 1.43 bits per heavy atom. The summed E-state index contributed by atoms with van der Waals surface area (Å²) in [5, 5.41) is 18.0. The molecule has 1 aliphatic heterocycles. The zero-order chi connectivity index (χ0) is 15.4. The number of aliphatic hydroxyl groups excluding tert-OH is 1. The molecular formula is C15H27ClN4O. The first-order valence-electron chi connectivity index (χ1n) is 7.76. The standard InChI is InChI=1S/C15H27ClN4O/c1-11(21)10-20-6-4-13(5-7-20)8-17-9-14-12(2)18-19(3)15(14)16/h11,13,17,21H,4-10H2,1-3H3/t11-/m0/s1. The van der Waals surface area contributed by atoms with Crippen LogP contribution < -0.4 is 5.32 Å². The smallest absolute Gasteiger partial charge is 0.131 e. The summed E-state index contributed by atoms with van der Waals surface area (Å²) < 4.78 is 1.72. The molecule has 0 unspecified atom stereocenters. The highest BCUT2D eigenvalue weighted by atomic mass is 35.5. The SMILES string of the molecule is Cc1nn(C)c(Cl)c1CNCC1CCN(C[C@H](C)O)CC1. The third kappa shape index (κ3) is 4.68. The Labute approximate surface area is 132 Å². The van der Waals surface area contributed by atoms with Crippen molar-refractivity contribution in [1.29, 1.82) is 0 Å². The van der Waals surface area contributed by atoms with Crippen molar-refractivity contribution in [2.24, 2.45) is 13.0 Å². The minimum absolute atomic E-state index is 0.227. The lowest BCUT2D eigenvalue weighted by Crippen LogP contribution is -2.40. The predicted octanol–water partition coefficient (Wildman–Crippen LogP) is 1.56. The quantitative estimate of drug-likeness (QED) is 0.837. The molecule has 2 N–H and O–H groups in total. The number of likely N-dealkylation sites (tertiary alicyclic amines) is 1. The molecule has 2 rings (SSSR count). The zero-order valence-corrected chi connectivity index (χ0v) is 14.0. The van der Waals surface area contributed by atoms with Crippen LogP contribution in [0.15, 0.2) is 0 Å². The third-order valence-corrected chi connectivity index (χ3v) is 4.71. The molecule has 1 aliphatic rings. The molecular weight excluding hydrogens is 288 g/mol. The maximum atomic E-state index is 9.42. The van der Waals surface area contributed by atoms with Gasteiger partial charge < -0.3 is 15.3 Å². The summed E-state index contributed by atoms with van der Waals surface area (Å²) in [7, 11) is 1.87. The molecule has 0 aromatic carbocycles. The molecule has 0 saturated carbocycles. The molecule has 1 aromatic rings. The Morgan fingerprint density at radius 2 is 2.10 bits per heavy atom. The number of piperidine rings is 1. The van der Waals surface area contributed by atoms with Crippen molar-refractivity contribution in [2.75, 3.05) is 26.2 Å². The summed E-state index contributed by atoms with van der Waals surface area (Å²) in [5.41, 5.74) is 2.10. The van der Waals surface area contributed by atoms with Gasteiger partial charge in [0.05, 0.1) is 11.8 Å². The second-order valence-corrected chi connectivity index (χ2v) is 6.56. The molecule has 1 aromatic heterocycles. The zero-order valence-electron chi connectivity index (χ0n) is 13.3. The Kier molecular flexibility index (Phi) is 6.05. The molecule has 0 spiro atoms. The fourth-order valence-electron chi connectivity index (χ4n) is 3.02. The second-order valence-electron chi connectivity index (χ2n) is 6.20. The molecule has 1 atom stereocenters. The number of nitrogens with zero attached hydrogens (tertiary/aromatic N) is 3. The van der Waals surface area contributed by atoms with Gasteiger partial charge in [0.2, 0.25) is 0 Å². The van der Waals surface area contributed by atoms with E-state index >= 15 is 0 Å². The highest BCUT2D eigenvalue weighted by Gasteiger charge is 2.20. The van der Waals surface area contributed by atoms with Crippen molar-refractivity contribution >= 4 is 11.6 Å². The van der Waals surface area contributed by atoms with E-state index in [-0.39, 0.29) is 6.10 Å². The average molecular weight is 315 g/mol. The number of nitrogens with one attached hydrogen (secondary N) is 1. The number of hydrogen-bond acceptors (Lipinski definition) is 4. The van der Waals surface area contributed by atoms with Crippen molar-refractivity contribution in [2.45, 2.75) is 39.3 Å². The van der Waals surface area contributed by atoms with Gasteiger partial charge in [-0.1, -0.05) is 11.6 Å². The molecule has 2 heterocycles. The number of rotatable bonds is 6. The summed E-state index contributed by atoms with van der Waals surface area (Å²) in [6, 6.07) is 0. The number of aryl methyl sites for hydroxylation is 2. The van der Waals surface area contributed by atoms with Crippen LogP contribution in [-0.2, 0) is 13.6 Å². The van der Waals surface area contributed by atoms with Gasteiger partial charge in [0.1, 0.15) is 5.15 Å². The monoisotopic (exact) mass is 314 g/mol. The fraction of sp³-hybridized carbons (Fsp3) is 0.800. The fourth-order valence-corrected chi connectivity index (χ4v) is 3.26. The topological polar surface area (TPSA) is 53.3 Å². The number of β-amino-alcohol motifs (C(OH)–C–C–N with tert-alkyl or cyclic N) is 1. The predicted molar refractivity (Wildman–Crippen MR) is 85.5 cm³/mol. The molecule has 0 bridgehead atoms. The highest BCUT2D eigenvalue weighted by Crippen LogP contribution is 2.19. The van der Waals surface area contributed by atoms with Gasteiger partial charge in [-0.25, -0.2) is 0 Å². The summed E-state index contributed by atoms with van der Waals surface area (Å²) in [6.45, 7) is 8.63. The molecule has 6 heteroatoms. The van der Waals surface area contributed by atoms with Crippen LogP contribution in [0.2, 0.25) is 5.15 Å². The lowest BCUT2D eigenvalue weighted by Gasteiger charge is -2.32. The summed E-state index contributed by atoms with van der Waals surface area (Å²) in [5.74, 6) is 0.714. The number of hydrogen-bond donors (Lipinski definition) is 2. The van der Waals surface area contributed by atoms with Gasteiger partial charge in [-0.2, -0.15) is 5.10 Å². The van der Waals surface area contributed by atoms with E-state index in [1.165, 1.54) is 12.8 Å². The van der Waals surface area contributed by atoms with Crippen molar-refractivity contribution in [1.82, 2.24) is 20.0 Å². The highest BCUT2D eigenvalue weighted by molar-refractivity contribution is 6.30. The minimum atomic E-state index is -0.227. The number of aromatic nitrogens is 2. The number of aliphatic hydroxyl groups is 1. The first-order chi connectivity index (χ1) is 9.97. The van der Waals surface area contributed by atoms with Crippen LogP contribution in [0.5, 0.6) is 0 Å². The Hall–Kier alpha value is -0.620. The van der Waals surface area contributed by atoms with Gasteiger partial charge in [0.25, 0.3) is 0 Å². The van der Waals surface area contributed by atoms with E-state index in [0.717, 1.165) is 49.1 Å². The van der Waals surface area contributed by atoms with E-state index in [0.29, 0.717) is 5.92 Å². The van der Waals surface area contributed by atoms with Gasteiger partial charge in [-0.15, -0.1) is 0 Å². The van der Waals surface area contributed by atoms with Gasteiger partial charge in [0.15, 0.2) is 0 Å². The van der Waals surface area contributed by atoms with Crippen LogP contribution in [0, 0.1) is 12.8 Å². The van der Waals surface area contributed by atoms with Crippen LogP contribution in [0.3, 0.4) is 0 Å². The molecule has 1 fully saturated rings. The average Bonchev–Trinajstić information content (AvgIpc) is 2.66. The summed E-state index contributed by atoms with van der Waals surface area (Å²) >= 11 is 6.23. The van der Waals surface area contributed by atoms with Crippen LogP contribution in [-0.4, -0.2) is 52.1 Å². The van der Waals surface area contributed by atoms with E-state index in [1.54, 1.807) is 4.68 Å². The van der Waals surface area contributed by atoms with Crippen molar-refractivity contribution in [3.05, 3.63) is 16.4 Å². The lowest BCUT2D eigenvalue weighted by atomic mass is 9.96. The van der Waals surface area contributed by atoms with Gasteiger partial charge in [-0.05, 0) is 52.2 Å². The van der Waals surface area contributed by atoms with E-state index in [9.17, 15) is 5.11 Å². The Morgan fingerprint density at radius 3 is 2.62 bits per heavy atom. The van der Waals surface area contributed by atoms with Crippen molar-refractivity contribution in [3.63, 3.8) is 0 Å². The first kappa shape index (κ1) is 16.7. The van der Waals surface area contributed by atoms with Crippen LogP contribution in [0.4, 0.5) is 0 Å². The molecule has 0 radical (unpaired) electrons. The second kappa shape index (κ2) is 7.58. The molecule has 21 heavy (non-hydrogen) atoms. The molecule has 120 valence electrons. The van der Waals surface area contributed by atoms with Gasteiger partial charge >= 0.3 is 0 Å². The summed E-state index contributed by atoms with van der Waals surface area (Å²) in [4.78, 5) is 2.35. The molecule has 5 nitrogen and oxygen atoms in total.